The van der Waals surface area contributed by atoms with Gasteiger partial charge < -0.3 is 9.64 Å². The van der Waals surface area contributed by atoms with Crippen LogP contribution in [0.2, 0.25) is 5.02 Å². The molecule has 2 heterocycles. The molecular formula is C22H22ClNO2. The highest BCUT2D eigenvalue weighted by Crippen LogP contribution is 2.49. The Balaban J connectivity index is 1.43. The van der Waals surface area contributed by atoms with Crippen LogP contribution in [0.15, 0.2) is 48.5 Å². The van der Waals surface area contributed by atoms with Gasteiger partial charge >= 0.3 is 0 Å². The van der Waals surface area contributed by atoms with Gasteiger partial charge in [0.15, 0.2) is 0 Å². The Bertz CT molecular complexity index is 859. The number of benzene rings is 2. The predicted molar refractivity (Wildman–Crippen MR) is 101 cm³/mol. The van der Waals surface area contributed by atoms with Crippen LogP contribution >= 0.6 is 11.6 Å². The van der Waals surface area contributed by atoms with E-state index in [-0.39, 0.29) is 16.9 Å². The Morgan fingerprint density at radius 2 is 1.81 bits per heavy atom. The van der Waals surface area contributed by atoms with Crippen LogP contribution in [0.5, 0.6) is 0 Å². The van der Waals surface area contributed by atoms with Crippen molar-refractivity contribution in [2.45, 2.75) is 43.3 Å². The molecule has 1 saturated heterocycles. The van der Waals surface area contributed by atoms with Gasteiger partial charge in [-0.15, -0.1) is 0 Å². The molecule has 5 rings (SSSR count). The SMILES string of the molecule is O=C(N1CC[C@@]2(C1)OCc1ccccc12)C1(c2ccc(Cl)cc2)CCC1. The highest BCUT2D eigenvalue weighted by Gasteiger charge is 2.53. The summed E-state index contributed by atoms with van der Waals surface area (Å²) in [5.74, 6) is 0.260. The molecule has 2 aromatic carbocycles. The maximum atomic E-state index is 13.5. The van der Waals surface area contributed by atoms with Crippen molar-refractivity contribution in [3.05, 3.63) is 70.2 Å². The quantitative estimate of drug-likeness (QED) is 0.786. The van der Waals surface area contributed by atoms with Gasteiger partial charge in [0.25, 0.3) is 0 Å². The molecule has 2 aliphatic heterocycles. The Labute approximate surface area is 158 Å². The van der Waals surface area contributed by atoms with E-state index in [1.807, 2.05) is 29.2 Å². The van der Waals surface area contributed by atoms with Crippen molar-refractivity contribution in [2.24, 2.45) is 0 Å². The number of ether oxygens (including phenoxy) is 1. The first-order valence-corrected chi connectivity index (χ1v) is 9.79. The molecule has 134 valence electrons. The van der Waals surface area contributed by atoms with Crippen LogP contribution < -0.4 is 0 Å². The van der Waals surface area contributed by atoms with Crippen molar-refractivity contribution in [3.8, 4) is 0 Å². The first-order chi connectivity index (χ1) is 12.6. The van der Waals surface area contributed by atoms with Gasteiger partial charge in [0.2, 0.25) is 5.91 Å². The minimum Gasteiger partial charge on any atom is -0.364 e. The van der Waals surface area contributed by atoms with Gasteiger partial charge in [0.1, 0.15) is 5.60 Å². The molecule has 0 N–H and O–H groups in total. The van der Waals surface area contributed by atoms with Crippen LogP contribution in [0.1, 0.15) is 42.4 Å². The summed E-state index contributed by atoms with van der Waals surface area (Å²) in [5.41, 5.74) is 2.96. The average Bonchev–Trinajstić information content (AvgIpc) is 3.22. The third-order valence-corrected chi connectivity index (χ3v) is 6.80. The van der Waals surface area contributed by atoms with Crippen molar-refractivity contribution >= 4 is 17.5 Å². The number of hydrogen-bond acceptors (Lipinski definition) is 2. The molecule has 1 atom stereocenters. The lowest BCUT2D eigenvalue weighted by atomic mass is 9.63. The Morgan fingerprint density at radius 1 is 1.04 bits per heavy atom. The number of nitrogens with zero attached hydrogens (tertiary/aromatic N) is 1. The van der Waals surface area contributed by atoms with E-state index in [9.17, 15) is 4.79 Å². The van der Waals surface area contributed by atoms with Gasteiger partial charge in [-0.3, -0.25) is 4.79 Å². The second-order valence-electron chi connectivity index (χ2n) is 7.86. The molecule has 0 radical (unpaired) electrons. The summed E-state index contributed by atoms with van der Waals surface area (Å²) >= 11 is 6.05. The lowest BCUT2D eigenvalue weighted by Crippen LogP contribution is -2.51. The smallest absolute Gasteiger partial charge is 0.233 e. The van der Waals surface area contributed by atoms with Crippen LogP contribution in [0.3, 0.4) is 0 Å². The van der Waals surface area contributed by atoms with Crippen molar-refractivity contribution in [3.63, 3.8) is 0 Å². The summed E-state index contributed by atoms with van der Waals surface area (Å²) in [6, 6.07) is 16.3. The van der Waals surface area contributed by atoms with Crippen LogP contribution in [-0.4, -0.2) is 23.9 Å². The fourth-order valence-corrected chi connectivity index (χ4v) is 5.03. The van der Waals surface area contributed by atoms with Gasteiger partial charge in [0.05, 0.1) is 18.6 Å². The first-order valence-electron chi connectivity index (χ1n) is 9.41. The van der Waals surface area contributed by atoms with E-state index in [1.54, 1.807) is 0 Å². The molecule has 0 bridgehead atoms. The summed E-state index contributed by atoms with van der Waals surface area (Å²) in [6.07, 6.45) is 3.84. The predicted octanol–water partition coefficient (Wildman–Crippen LogP) is 4.42. The number of fused-ring (bicyclic) bond motifs is 2. The van der Waals surface area contributed by atoms with E-state index in [2.05, 4.69) is 24.3 Å². The van der Waals surface area contributed by atoms with Crippen molar-refractivity contribution in [2.75, 3.05) is 13.1 Å². The lowest BCUT2D eigenvalue weighted by molar-refractivity contribution is -0.141. The number of likely N-dealkylation sites (tertiary alicyclic amines) is 1. The van der Waals surface area contributed by atoms with Gasteiger partial charge in [-0.05, 0) is 48.1 Å². The molecule has 2 fully saturated rings. The Hall–Kier alpha value is -1.84. The lowest BCUT2D eigenvalue weighted by Gasteiger charge is -2.43. The summed E-state index contributed by atoms with van der Waals surface area (Å²) in [5, 5.41) is 0.715. The molecule has 4 heteroatoms. The standard InChI is InChI=1S/C22H22ClNO2/c23-18-8-6-17(7-9-18)21(10-3-11-21)20(25)24-13-12-22(15-24)19-5-2-1-4-16(19)14-26-22/h1-2,4-9H,3,10-15H2/t22-/m0/s1. The second-order valence-corrected chi connectivity index (χ2v) is 8.30. The molecule has 0 unspecified atom stereocenters. The van der Waals surface area contributed by atoms with Gasteiger partial charge in [-0.1, -0.05) is 54.4 Å². The monoisotopic (exact) mass is 367 g/mol. The molecule has 3 nitrogen and oxygen atoms in total. The highest BCUT2D eigenvalue weighted by molar-refractivity contribution is 6.30. The topological polar surface area (TPSA) is 29.5 Å². The zero-order chi connectivity index (χ0) is 17.8. The molecule has 1 spiro atoms. The fraction of sp³-hybridized carbons (Fsp3) is 0.409. The molecule has 0 aromatic heterocycles. The van der Waals surface area contributed by atoms with Crippen LogP contribution in [-0.2, 0) is 27.2 Å². The molecule has 1 aliphatic carbocycles. The number of carbonyl (C=O) groups excluding carboxylic acids is 1. The van der Waals surface area contributed by atoms with Gasteiger partial charge in [0, 0.05) is 11.6 Å². The first kappa shape index (κ1) is 16.3. The van der Waals surface area contributed by atoms with E-state index in [4.69, 9.17) is 16.3 Å². The Kier molecular flexibility index (Phi) is 3.67. The summed E-state index contributed by atoms with van der Waals surface area (Å²) in [7, 11) is 0. The molecule has 3 aliphatic rings. The van der Waals surface area contributed by atoms with Crippen molar-refractivity contribution < 1.29 is 9.53 Å². The molecule has 1 saturated carbocycles. The van der Waals surface area contributed by atoms with Crippen LogP contribution in [0.25, 0.3) is 0 Å². The van der Waals surface area contributed by atoms with Crippen LogP contribution in [0, 0.1) is 0 Å². The highest BCUT2D eigenvalue weighted by atomic mass is 35.5. The number of hydrogen-bond donors (Lipinski definition) is 0. The molecule has 26 heavy (non-hydrogen) atoms. The Morgan fingerprint density at radius 3 is 2.54 bits per heavy atom. The number of rotatable bonds is 2. The minimum atomic E-state index is -0.367. The third-order valence-electron chi connectivity index (χ3n) is 6.54. The van der Waals surface area contributed by atoms with E-state index >= 15 is 0 Å². The molecular weight excluding hydrogens is 346 g/mol. The maximum Gasteiger partial charge on any atom is 0.233 e. The van der Waals surface area contributed by atoms with Crippen molar-refractivity contribution in [1.29, 1.82) is 0 Å². The van der Waals surface area contributed by atoms with Crippen molar-refractivity contribution in [1.82, 2.24) is 4.90 Å². The zero-order valence-corrected chi connectivity index (χ0v) is 15.5. The molecule has 2 aromatic rings. The summed E-state index contributed by atoms with van der Waals surface area (Å²) < 4.78 is 6.23. The normalized spacial score (nSPS) is 26.0. The zero-order valence-electron chi connectivity index (χ0n) is 14.7. The fourth-order valence-electron chi connectivity index (χ4n) is 4.91. The van der Waals surface area contributed by atoms with Gasteiger partial charge in [-0.2, -0.15) is 0 Å². The third kappa shape index (κ3) is 2.27. The maximum absolute atomic E-state index is 13.5. The summed E-state index contributed by atoms with van der Waals surface area (Å²) in [6.45, 7) is 2.08. The number of amides is 1. The van der Waals surface area contributed by atoms with E-state index < -0.39 is 0 Å². The number of carbonyl (C=O) groups is 1. The largest absolute Gasteiger partial charge is 0.364 e. The number of halogens is 1. The van der Waals surface area contributed by atoms with Gasteiger partial charge in [-0.25, -0.2) is 0 Å². The van der Waals surface area contributed by atoms with E-state index in [1.165, 1.54) is 11.1 Å². The average molecular weight is 368 g/mol. The molecule has 1 amide bonds. The van der Waals surface area contributed by atoms with Crippen LogP contribution in [0.4, 0.5) is 0 Å². The summed E-state index contributed by atoms with van der Waals surface area (Å²) in [4.78, 5) is 15.6. The van der Waals surface area contributed by atoms with E-state index in [0.717, 1.165) is 37.8 Å². The minimum absolute atomic E-state index is 0.260. The van der Waals surface area contributed by atoms with E-state index in [0.29, 0.717) is 18.2 Å². The second kappa shape index (κ2) is 5.83.